The molecule has 0 atom stereocenters. The lowest BCUT2D eigenvalue weighted by atomic mass is 10.1. The monoisotopic (exact) mass is 470 g/mol. The summed E-state index contributed by atoms with van der Waals surface area (Å²) in [7, 11) is -2.24. The fourth-order valence-corrected chi connectivity index (χ4v) is 6.25. The Labute approximate surface area is 193 Å². The van der Waals surface area contributed by atoms with Crippen LogP contribution in [-0.2, 0) is 14.8 Å². The lowest BCUT2D eigenvalue weighted by molar-refractivity contribution is -0.113. The second-order valence-electron chi connectivity index (χ2n) is 7.68. The first kappa shape index (κ1) is 22.6. The Hall–Kier alpha value is -2.55. The highest BCUT2D eigenvalue weighted by Gasteiger charge is 2.29. The van der Waals surface area contributed by atoms with Gasteiger partial charge in [-0.15, -0.1) is 11.8 Å². The molecule has 6 nitrogen and oxygen atoms in total. The number of ether oxygens (including phenoxy) is 1. The number of fused-ring (bicyclic) bond motifs is 1. The quantitative estimate of drug-likeness (QED) is 0.504. The van der Waals surface area contributed by atoms with E-state index < -0.39 is 10.0 Å². The number of carbonyl (C=O) groups is 1. The fourth-order valence-electron chi connectivity index (χ4n) is 3.80. The highest BCUT2D eigenvalue weighted by Crippen LogP contribution is 2.31. The van der Waals surface area contributed by atoms with Crippen molar-refractivity contribution >= 4 is 44.2 Å². The molecule has 0 bridgehead atoms. The number of piperidine rings is 1. The SMILES string of the molecule is COc1ccc(NC(=O)CSc2ccc3ccccc3c2)cc1S(=O)(=O)N1CCCCC1. The highest BCUT2D eigenvalue weighted by molar-refractivity contribution is 8.00. The number of sulfonamides is 1. The first-order chi connectivity index (χ1) is 15.5. The van der Waals surface area contributed by atoms with E-state index in [0.29, 0.717) is 18.8 Å². The van der Waals surface area contributed by atoms with Crippen LogP contribution in [0.15, 0.2) is 70.5 Å². The van der Waals surface area contributed by atoms with Crippen LogP contribution in [0.5, 0.6) is 5.75 Å². The van der Waals surface area contributed by atoms with E-state index in [-0.39, 0.29) is 22.3 Å². The van der Waals surface area contributed by atoms with E-state index in [1.807, 2.05) is 30.3 Å². The van der Waals surface area contributed by atoms with Gasteiger partial charge in [-0.1, -0.05) is 36.8 Å². The van der Waals surface area contributed by atoms with Gasteiger partial charge in [0.05, 0.1) is 12.9 Å². The molecule has 8 heteroatoms. The topological polar surface area (TPSA) is 75.7 Å². The van der Waals surface area contributed by atoms with Crippen LogP contribution in [0.1, 0.15) is 19.3 Å². The van der Waals surface area contributed by atoms with Gasteiger partial charge in [0.15, 0.2) is 0 Å². The van der Waals surface area contributed by atoms with Crippen LogP contribution in [0.2, 0.25) is 0 Å². The molecule has 0 unspecified atom stereocenters. The molecule has 1 heterocycles. The van der Waals surface area contributed by atoms with Gasteiger partial charge in [0.2, 0.25) is 15.9 Å². The molecular formula is C24H26N2O4S2. The summed E-state index contributed by atoms with van der Waals surface area (Å²) in [6.07, 6.45) is 2.74. The Balaban J connectivity index is 1.46. The molecular weight excluding hydrogens is 444 g/mol. The summed E-state index contributed by atoms with van der Waals surface area (Å²) in [5.41, 5.74) is 0.436. The number of thioether (sulfide) groups is 1. The second kappa shape index (κ2) is 9.94. The minimum Gasteiger partial charge on any atom is -0.495 e. The largest absolute Gasteiger partial charge is 0.495 e. The van der Waals surface area contributed by atoms with Crippen LogP contribution in [0.4, 0.5) is 5.69 Å². The van der Waals surface area contributed by atoms with Crippen molar-refractivity contribution in [3.8, 4) is 5.75 Å². The molecule has 0 radical (unpaired) electrons. The third-order valence-corrected chi connectivity index (χ3v) is 8.38. The molecule has 3 aromatic rings. The lowest BCUT2D eigenvalue weighted by Crippen LogP contribution is -2.35. The van der Waals surface area contributed by atoms with E-state index in [0.717, 1.165) is 34.9 Å². The van der Waals surface area contributed by atoms with Gasteiger partial charge in [-0.3, -0.25) is 4.79 Å². The molecule has 1 amide bonds. The third-order valence-electron chi connectivity index (χ3n) is 5.47. The Morgan fingerprint density at radius 1 is 1.00 bits per heavy atom. The fraction of sp³-hybridized carbons (Fsp3) is 0.292. The molecule has 168 valence electrons. The van der Waals surface area contributed by atoms with Crippen molar-refractivity contribution in [2.24, 2.45) is 0 Å². The zero-order valence-electron chi connectivity index (χ0n) is 17.9. The van der Waals surface area contributed by atoms with Crippen molar-refractivity contribution in [2.75, 3.05) is 31.3 Å². The minimum atomic E-state index is -3.69. The van der Waals surface area contributed by atoms with Crippen molar-refractivity contribution < 1.29 is 17.9 Å². The van der Waals surface area contributed by atoms with Crippen LogP contribution in [0.25, 0.3) is 10.8 Å². The molecule has 1 aliphatic heterocycles. The van der Waals surface area contributed by atoms with E-state index in [1.54, 1.807) is 12.1 Å². The standard InChI is InChI=1S/C24H26N2O4S2/c1-30-22-12-10-20(16-23(22)32(28,29)26-13-5-2-6-14-26)25-24(27)17-31-21-11-9-18-7-3-4-8-19(18)15-21/h3-4,7-12,15-16H,2,5-6,13-14,17H2,1H3,(H,25,27). The lowest BCUT2D eigenvalue weighted by Gasteiger charge is -2.26. The smallest absolute Gasteiger partial charge is 0.246 e. The summed E-state index contributed by atoms with van der Waals surface area (Å²) in [5, 5.41) is 5.10. The average molecular weight is 471 g/mol. The van der Waals surface area contributed by atoms with Crippen molar-refractivity contribution in [2.45, 2.75) is 29.1 Å². The van der Waals surface area contributed by atoms with Crippen molar-refractivity contribution in [1.29, 1.82) is 0 Å². The summed E-state index contributed by atoms with van der Waals surface area (Å²) in [4.78, 5) is 13.6. The molecule has 3 aromatic carbocycles. The molecule has 1 saturated heterocycles. The van der Waals surface area contributed by atoms with Gasteiger partial charge in [0.1, 0.15) is 10.6 Å². The van der Waals surface area contributed by atoms with Gasteiger partial charge in [-0.25, -0.2) is 8.42 Å². The van der Waals surface area contributed by atoms with E-state index in [9.17, 15) is 13.2 Å². The third kappa shape index (κ3) is 5.09. The predicted octanol–water partition coefficient (Wildman–Crippen LogP) is 4.75. The van der Waals surface area contributed by atoms with Crippen molar-refractivity contribution in [3.05, 3.63) is 60.7 Å². The number of carbonyl (C=O) groups excluding carboxylic acids is 1. The van der Waals surface area contributed by atoms with Crippen molar-refractivity contribution in [3.63, 3.8) is 0 Å². The van der Waals surface area contributed by atoms with E-state index in [1.165, 1.54) is 29.2 Å². The van der Waals surface area contributed by atoms with E-state index >= 15 is 0 Å². The molecule has 32 heavy (non-hydrogen) atoms. The van der Waals surface area contributed by atoms with E-state index in [2.05, 4.69) is 17.4 Å². The van der Waals surface area contributed by atoms with Crippen LogP contribution in [-0.4, -0.2) is 44.6 Å². The molecule has 0 spiro atoms. The molecule has 0 aromatic heterocycles. The maximum Gasteiger partial charge on any atom is 0.246 e. The number of hydrogen-bond donors (Lipinski definition) is 1. The maximum atomic E-state index is 13.2. The van der Waals surface area contributed by atoms with E-state index in [4.69, 9.17) is 4.74 Å². The van der Waals surface area contributed by atoms with Crippen LogP contribution < -0.4 is 10.1 Å². The van der Waals surface area contributed by atoms with Gasteiger partial charge in [0, 0.05) is 23.7 Å². The Morgan fingerprint density at radius 2 is 1.75 bits per heavy atom. The Morgan fingerprint density at radius 3 is 2.50 bits per heavy atom. The first-order valence-corrected chi connectivity index (χ1v) is 13.0. The summed E-state index contributed by atoms with van der Waals surface area (Å²) >= 11 is 1.44. The first-order valence-electron chi connectivity index (χ1n) is 10.6. The van der Waals surface area contributed by atoms with Gasteiger partial charge < -0.3 is 10.1 Å². The van der Waals surface area contributed by atoms with Crippen molar-refractivity contribution in [1.82, 2.24) is 4.31 Å². The summed E-state index contributed by atoms with van der Waals surface area (Å²) in [5.74, 6) is 0.298. The molecule has 1 fully saturated rings. The molecule has 0 aliphatic carbocycles. The normalized spacial score (nSPS) is 14.9. The van der Waals surface area contributed by atoms with Gasteiger partial charge >= 0.3 is 0 Å². The number of hydrogen-bond acceptors (Lipinski definition) is 5. The molecule has 0 saturated carbocycles. The number of methoxy groups -OCH3 is 1. The number of amides is 1. The average Bonchev–Trinajstić information content (AvgIpc) is 2.83. The zero-order chi connectivity index (χ0) is 22.6. The van der Waals surface area contributed by atoms with Gasteiger partial charge in [-0.2, -0.15) is 4.31 Å². The second-order valence-corrected chi connectivity index (χ2v) is 10.6. The summed E-state index contributed by atoms with van der Waals surface area (Å²) in [6.45, 7) is 1.01. The van der Waals surface area contributed by atoms with Gasteiger partial charge in [0.25, 0.3) is 0 Å². The van der Waals surface area contributed by atoms with Crippen LogP contribution >= 0.6 is 11.8 Å². The van der Waals surface area contributed by atoms with Crippen LogP contribution in [0, 0.1) is 0 Å². The number of nitrogens with zero attached hydrogens (tertiary/aromatic N) is 1. The number of rotatable bonds is 7. The zero-order valence-corrected chi connectivity index (χ0v) is 19.5. The predicted molar refractivity (Wildman–Crippen MR) is 129 cm³/mol. The molecule has 1 N–H and O–H groups in total. The minimum absolute atomic E-state index is 0.0851. The summed E-state index contributed by atoms with van der Waals surface area (Å²) in [6, 6.07) is 18.9. The number of nitrogens with one attached hydrogen (secondary N) is 1. The number of anilines is 1. The Kier molecular flexibility index (Phi) is 7.03. The highest BCUT2D eigenvalue weighted by atomic mass is 32.2. The molecule has 1 aliphatic rings. The van der Waals surface area contributed by atoms with Crippen LogP contribution in [0.3, 0.4) is 0 Å². The number of benzene rings is 3. The van der Waals surface area contributed by atoms with Gasteiger partial charge in [-0.05, 0) is 53.9 Å². The maximum absolute atomic E-state index is 13.2. The molecule has 4 rings (SSSR count). The summed E-state index contributed by atoms with van der Waals surface area (Å²) < 4.78 is 33.1. The Bertz CT molecular complexity index is 1220.